The van der Waals surface area contributed by atoms with E-state index < -0.39 is 0 Å². The summed E-state index contributed by atoms with van der Waals surface area (Å²) in [6, 6.07) is 0.680. The van der Waals surface area contributed by atoms with Gasteiger partial charge in [-0.05, 0) is 65.3 Å². The molecule has 18 heavy (non-hydrogen) atoms. The summed E-state index contributed by atoms with van der Waals surface area (Å²) in [4.78, 5) is 4.98. The third kappa shape index (κ3) is 5.68. The molecule has 0 bridgehead atoms. The summed E-state index contributed by atoms with van der Waals surface area (Å²) in [5.74, 6) is 0.877. The van der Waals surface area contributed by atoms with Crippen LogP contribution in [0.1, 0.15) is 40.0 Å². The molecule has 3 nitrogen and oxygen atoms in total. The summed E-state index contributed by atoms with van der Waals surface area (Å²) in [6.07, 6.45) is 3.98. The number of likely N-dealkylation sites (tertiary alicyclic amines) is 1. The Morgan fingerprint density at radius 1 is 1.22 bits per heavy atom. The molecule has 0 amide bonds. The van der Waals surface area contributed by atoms with Crippen molar-refractivity contribution in [1.82, 2.24) is 15.1 Å². The van der Waals surface area contributed by atoms with Crippen molar-refractivity contribution in [1.29, 1.82) is 0 Å². The van der Waals surface area contributed by atoms with Crippen LogP contribution in [0.3, 0.4) is 0 Å². The molecule has 108 valence electrons. The van der Waals surface area contributed by atoms with Gasteiger partial charge in [-0.15, -0.1) is 0 Å². The van der Waals surface area contributed by atoms with E-state index in [1.165, 1.54) is 52.0 Å². The zero-order valence-corrected chi connectivity index (χ0v) is 12.9. The van der Waals surface area contributed by atoms with E-state index in [1.807, 2.05) is 0 Å². The molecule has 1 unspecified atom stereocenters. The fourth-order valence-electron chi connectivity index (χ4n) is 2.89. The molecule has 3 heteroatoms. The van der Waals surface area contributed by atoms with Gasteiger partial charge in [0.25, 0.3) is 0 Å². The van der Waals surface area contributed by atoms with Crippen LogP contribution < -0.4 is 5.32 Å². The Morgan fingerprint density at radius 3 is 2.44 bits per heavy atom. The van der Waals surface area contributed by atoms with Crippen LogP contribution >= 0.6 is 0 Å². The van der Waals surface area contributed by atoms with E-state index in [0.29, 0.717) is 6.04 Å². The van der Waals surface area contributed by atoms with E-state index in [9.17, 15) is 0 Å². The number of nitrogens with zero attached hydrogens (tertiary/aromatic N) is 2. The second-order valence-corrected chi connectivity index (χ2v) is 5.82. The highest BCUT2D eigenvalue weighted by Gasteiger charge is 2.21. The summed E-state index contributed by atoms with van der Waals surface area (Å²) < 4.78 is 0. The lowest BCUT2D eigenvalue weighted by atomic mass is 9.90. The van der Waals surface area contributed by atoms with Crippen molar-refractivity contribution in [2.75, 3.05) is 46.3 Å². The maximum Gasteiger partial charge on any atom is 0.0107 e. The van der Waals surface area contributed by atoms with Gasteiger partial charge in [-0.1, -0.05) is 13.8 Å². The van der Waals surface area contributed by atoms with Gasteiger partial charge in [0.15, 0.2) is 0 Å². The first-order valence-electron chi connectivity index (χ1n) is 7.81. The quantitative estimate of drug-likeness (QED) is 0.716. The lowest BCUT2D eigenvalue weighted by Crippen LogP contribution is -2.43. The van der Waals surface area contributed by atoms with Gasteiger partial charge in [0.1, 0.15) is 0 Å². The summed E-state index contributed by atoms with van der Waals surface area (Å²) in [5.41, 5.74) is 0. The van der Waals surface area contributed by atoms with Crippen LogP contribution in [0.2, 0.25) is 0 Å². The average molecular weight is 255 g/mol. The SMILES string of the molecule is CCCN(CC)CCNC(C)C1CCN(C)CC1. The Hall–Kier alpha value is -0.120. The summed E-state index contributed by atoms with van der Waals surface area (Å²) in [5, 5.41) is 3.73. The lowest BCUT2D eigenvalue weighted by molar-refractivity contribution is 0.186. The number of hydrogen-bond acceptors (Lipinski definition) is 3. The Morgan fingerprint density at radius 2 is 1.89 bits per heavy atom. The summed E-state index contributed by atoms with van der Waals surface area (Å²) in [6.45, 7) is 14.2. The first-order valence-corrected chi connectivity index (χ1v) is 7.81. The Labute approximate surface area is 114 Å². The van der Waals surface area contributed by atoms with Gasteiger partial charge < -0.3 is 15.1 Å². The van der Waals surface area contributed by atoms with Crippen molar-refractivity contribution in [2.45, 2.75) is 46.1 Å². The van der Waals surface area contributed by atoms with Gasteiger partial charge in [-0.25, -0.2) is 0 Å². The van der Waals surface area contributed by atoms with E-state index in [0.717, 1.165) is 12.5 Å². The van der Waals surface area contributed by atoms with Crippen molar-refractivity contribution in [3.8, 4) is 0 Å². The van der Waals surface area contributed by atoms with Gasteiger partial charge in [0, 0.05) is 19.1 Å². The smallest absolute Gasteiger partial charge is 0.0107 e. The molecular formula is C15H33N3. The molecule has 0 spiro atoms. The number of hydrogen-bond donors (Lipinski definition) is 1. The van der Waals surface area contributed by atoms with E-state index in [1.54, 1.807) is 0 Å². The van der Waals surface area contributed by atoms with Crippen molar-refractivity contribution >= 4 is 0 Å². The molecule has 1 heterocycles. The number of likely N-dealkylation sites (N-methyl/N-ethyl adjacent to an activating group) is 1. The average Bonchev–Trinajstić information content (AvgIpc) is 2.38. The first-order chi connectivity index (χ1) is 8.67. The highest BCUT2D eigenvalue weighted by Crippen LogP contribution is 2.19. The van der Waals surface area contributed by atoms with E-state index in [4.69, 9.17) is 0 Å². The van der Waals surface area contributed by atoms with Gasteiger partial charge in [0.05, 0.1) is 0 Å². The molecule has 0 aliphatic carbocycles. The Bertz CT molecular complexity index is 200. The molecule has 0 saturated carbocycles. The number of rotatable bonds is 8. The topological polar surface area (TPSA) is 18.5 Å². The third-order valence-corrected chi connectivity index (χ3v) is 4.35. The molecule has 1 N–H and O–H groups in total. The van der Waals surface area contributed by atoms with Crippen molar-refractivity contribution in [3.63, 3.8) is 0 Å². The highest BCUT2D eigenvalue weighted by atomic mass is 15.1. The predicted octanol–water partition coefficient (Wildman–Crippen LogP) is 2.04. The molecule has 1 atom stereocenters. The van der Waals surface area contributed by atoms with E-state index >= 15 is 0 Å². The monoisotopic (exact) mass is 255 g/mol. The van der Waals surface area contributed by atoms with Crippen LogP contribution in [0, 0.1) is 5.92 Å². The standard InChI is InChI=1S/C15H33N3/c1-5-10-18(6-2)13-9-16-14(3)15-7-11-17(4)12-8-15/h14-16H,5-13H2,1-4H3. The zero-order valence-electron chi connectivity index (χ0n) is 12.9. The minimum absolute atomic E-state index is 0.680. The second kappa shape index (κ2) is 8.89. The summed E-state index contributed by atoms with van der Waals surface area (Å²) >= 11 is 0. The van der Waals surface area contributed by atoms with Gasteiger partial charge in [-0.2, -0.15) is 0 Å². The van der Waals surface area contributed by atoms with Crippen LogP contribution in [-0.2, 0) is 0 Å². The molecule has 0 aromatic rings. The van der Waals surface area contributed by atoms with Gasteiger partial charge in [0.2, 0.25) is 0 Å². The van der Waals surface area contributed by atoms with Crippen molar-refractivity contribution in [2.24, 2.45) is 5.92 Å². The number of nitrogens with one attached hydrogen (secondary N) is 1. The van der Waals surface area contributed by atoms with E-state index in [2.05, 4.69) is 42.9 Å². The second-order valence-electron chi connectivity index (χ2n) is 5.82. The maximum atomic E-state index is 3.73. The molecule has 0 aromatic heterocycles. The van der Waals surface area contributed by atoms with Crippen LogP contribution in [0.4, 0.5) is 0 Å². The fraction of sp³-hybridized carbons (Fsp3) is 1.00. The van der Waals surface area contributed by atoms with Crippen LogP contribution in [0.25, 0.3) is 0 Å². The van der Waals surface area contributed by atoms with Crippen LogP contribution in [0.15, 0.2) is 0 Å². The zero-order chi connectivity index (χ0) is 13.4. The predicted molar refractivity (Wildman–Crippen MR) is 80.1 cm³/mol. The highest BCUT2D eigenvalue weighted by molar-refractivity contribution is 4.78. The van der Waals surface area contributed by atoms with Gasteiger partial charge >= 0.3 is 0 Å². The summed E-state index contributed by atoms with van der Waals surface area (Å²) in [7, 11) is 2.23. The largest absolute Gasteiger partial charge is 0.313 e. The normalized spacial score (nSPS) is 20.5. The molecule has 1 rings (SSSR count). The molecule has 1 aliphatic heterocycles. The molecule has 0 radical (unpaired) electrons. The number of piperidine rings is 1. The van der Waals surface area contributed by atoms with Gasteiger partial charge in [-0.3, -0.25) is 0 Å². The van der Waals surface area contributed by atoms with Crippen LogP contribution in [0.5, 0.6) is 0 Å². The Balaban J connectivity index is 2.14. The molecule has 1 fully saturated rings. The van der Waals surface area contributed by atoms with Crippen LogP contribution in [-0.4, -0.2) is 62.2 Å². The molecule has 0 aromatic carbocycles. The third-order valence-electron chi connectivity index (χ3n) is 4.35. The Kier molecular flexibility index (Phi) is 7.87. The first kappa shape index (κ1) is 15.9. The van der Waals surface area contributed by atoms with Crippen molar-refractivity contribution in [3.05, 3.63) is 0 Å². The fourth-order valence-corrected chi connectivity index (χ4v) is 2.89. The van der Waals surface area contributed by atoms with Crippen molar-refractivity contribution < 1.29 is 0 Å². The lowest BCUT2D eigenvalue weighted by Gasteiger charge is -2.33. The minimum atomic E-state index is 0.680. The molecule has 1 saturated heterocycles. The minimum Gasteiger partial charge on any atom is -0.313 e. The van der Waals surface area contributed by atoms with E-state index in [-0.39, 0.29) is 0 Å². The molecule has 1 aliphatic rings. The molecular weight excluding hydrogens is 222 g/mol. The maximum absolute atomic E-state index is 3.73.